The Labute approximate surface area is 149 Å². The molecule has 0 bridgehead atoms. The van der Waals surface area contributed by atoms with E-state index in [0.29, 0.717) is 12.4 Å². The van der Waals surface area contributed by atoms with Crippen molar-refractivity contribution in [3.8, 4) is 5.75 Å². The van der Waals surface area contributed by atoms with Crippen LogP contribution in [0.5, 0.6) is 5.75 Å². The van der Waals surface area contributed by atoms with Gasteiger partial charge < -0.3 is 14.6 Å². The lowest BCUT2D eigenvalue weighted by molar-refractivity contribution is -0.384. The maximum absolute atomic E-state index is 12.5. The lowest BCUT2D eigenvalue weighted by Crippen LogP contribution is -2.25. The maximum atomic E-state index is 12.5. The van der Waals surface area contributed by atoms with E-state index in [1.807, 2.05) is 35.8 Å². The predicted molar refractivity (Wildman–Crippen MR) is 96.2 cm³/mol. The molecule has 8 heteroatoms. The van der Waals surface area contributed by atoms with Crippen molar-refractivity contribution in [1.29, 1.82) is 0 Å². The molecule has 0 atom stereocenters. The first-order chi connectivity index (χ1) is 12.5. The molecule has 1 heterocycles. The van der Waals surface area contributed by atoms with Gasteiger partial charge in [-0.15, -0.1) is 0 Å². The van der Waals surface area contributed by atoms with Gasteiger partial charge in [0.05, 0.1) is 35.2 Å². The van der Waals surface area contributed by atoms with Gasteiger partial charge >= 0.3 is 0 Å². The highest BCUT2D eigenvalue weighted by Gasteiger charge is 2.18. The number of aromatic nitrogens is 2. The summed E-state index contributed by atoms with van der Waals surface area (Å²) < 4.78 is 7.16. The van der Waals surface area contributed by atoms with Crippen molar-refractivity contribution < 1.29 is 14.5 Å². The molecule has 3 aromatic rings. The molecule has 1 amide bonds. The topological polar surface area (TPSA) is 99.3 Å². The van der Waals surface area contributed by atoms with E-state index in [4.69, 9.17) is 4.74 Å². The Morgan fingerprint density at radius 2 is 2.08 bits per heavy atom. The molecule has 0 radical (unpaired) electrons. The second-order valence-electron chi connectivity index (χ2n) is 5.59. The molecule has 26 heavy (non-hydrogen) atoms. The molecular formula is C18H18N4O4. The lowest BCUT2D eigenvalue weighted by atomic mass is 10.1. The van der Waals surface area contributed by atoms with Crippen LogP contribution >= 0.6 is 0 Å². The molecule has 2 aromatic carbocycles. The normalized spacial score (nSPS) is 10.7. The highest BCUT2D eigenvalue weighted by Crippen LogP contribution is 2.24. The van der Waals surface area contributed by atoms with Gasteiger partial charge in [-0.1, -0.05) is 12.1 Å². The number of aryl methyl sites for hydroxylation is 1. The number of ether oxygens (including phenoxy) is 1. The zero-order chi connectivity index (χ0) is 18.7. The third kappa shape index (κ3) is 3.21. The zero-order valence-electron chi connectivity index (χ0n) is 14.4. The quantitative estimate of drug-likeness (QED) is 0.542. The molecule has 0 aliphatic carbocycles. The third-order valence-electron chi connectivity index (χ3n) is 4.10. The van der Waals surface area contributed by atoms with Crippen molar-refractivity contribution in [1.82, 2.24) is 14.9 Å². The summed E-state index contributed by atoms with van der Waals surface area (Å²) in [5.41, 5.74) is 1.79. The molecular weight excluding hydrogens is 336 g/mol. The number of methoxy groups -OCH3 is 1. The summed E-state index contributed by atoms with van der Waals surface area (Å²) in [5.74, 6) is 0.531. The lowest BCUT2D eigenvalue weighted by Gasteiger charge is -2.10. The monoisotopic (exact) mass is 354 g/mol. The van der Waals surface area contributed by atoms with E-state index in [2.05, 4.69) is 10.3 Å². The number of nitro benzene ring substituents is 1. The van der Waals surface area contributed by atoms with Crippen molar-refractivity contribution in [3.63, 3.8) is 0 Å². The fourth-order valence-corrected chi connectivity index (χ4v) is 2.85. The van der Waals surface area contributed by atoms with Crippen LogP contribution in [-0.2, 0) is 13.1 Å². The van der Waals surface area contributed by atoms with E-state index >= 15 is 0 Å². The van der Waals surface area contributed by atoms with E-state index in [9.17, 15) is 14.9 Å². The average Bonchev–Trinajstić information content (AvgIpc) is 3.02. The van der Waals surface area contributed by atoms with Crippen LogP contribution in [0, 0.1) is 10.1 Å². The summed E-state index contributed by atoms with van der Waals surface area (Å²) in [7, 11) is 1.41. The van der Waals surface area contributed by atoms with E-state index in [1.54, 1.807) is 0 Å². The average molecular weight is 354 g/mol. The van der Waals surface area contributed by atoms with Crippen molar-refractivity contribution in [3.05, 3.63) is 64.0 Å². The van der Waals surface area contributed by atoms with Crippen LogP contribution in [0.15, 0.2) is 42.5 Å². The number of amides is 1. The number of fused-ring (bicyclic) bond motifs is 1. The SMILES string of the molecule is CCn1c(CNC(=O)c2cc([N+](=O)[O-])ccc2OC)nc2ccccc21. The largest absolute Gasteiger partial charge is 0.496 e. The van der Waals surface area contributed by atoms with Gasteiger partial charge in [0.25, 0.3) is 11.6 Å². The van der Waals surface area contributed by atoms with Crippen LogP contribution in [0.25, 0.3) is 11.0 Å². The molecule has 8 nitrogen and oxygen atoms in total. The molecule has 0 saturated heterocycles. The summed E-state index contributed by atoms with van der Waals surface area (Å²) in [6.07, 6.45) is 0. The number of nitro groups is 1. The van der Waals surface area contributed by atoms with Gasteiger partial charge in [0.1, 0.15) is 11.6 Å². The molecule has 0 unspecified atom stereocenters. The number of hydrogen-bond donors (Lipinski definition) is 1. The van der Waals surface area contributed by atoms with Gasteiger partial charge in [0.2, 0.25) is 0 Å². The summed E-state index contributed by atoms with van der Waals surface area (Å²) in [6, 6.07) is 11.6. The highest BCUT2D eigenvalue weighted by atomic mass is 16.6. The Kier molecular flexibility index (Phi) is 4.83. The maximum Gasteiger partial charge on any atom is 0.270 e. The number of nitrogens with one attached hydrogen (secondary N) is 1. The number of carbonyl (C=O) groups is 1. The van der Waals surface area contributed by atoms with Gasteiger partial charge in [0.15, 0.2) is 0 Å². The molecule has 0 fully saturated rings. The smallest absolute Gasteiger partial charge is 0.270 e. The third-order valence-corrected chi connectivity index (χ3v) is 4.10. The first kappa shape index (κ1) is 17.4. The predicted octanol–water partition coefficient (Wildman–Crippen LogP) is 2.90. The van der Waals surface area contributed by atoms with Crippen molar-refractivity contribution in [2.45, 2.75) is 20.0 Å². The minimum absolute atomic E-state index is 0.112. The molecule has 134 valence electrons. The number of hydrogen-bond acceptors (Lipinski definition) is 5. The summed E-state index contributed by atoms with van der Waals surface area (Å²) in [5, 5.41) is 13.7. The second kappa shape index (κ2) is 7.22. The molecule has 0 spiro atoms. The van der Waals surface area contributed by atoms with Gasteiger partial charge in [-0.3, -0.25) is 14.9 Å². The molecule has 0 aliphatic rings. The fraction of sp³-hybridized carbons (Fsp3) is 0.222. The Balaban J connectivity index is 1.85. The number of para-hydroxylation sites is 2. The fourth-order valence-electron chi connectivity index (χ4n) is 2.85. The number of non-ortho nitro benzene ring substituents is 1. The van der Waals surface area contributed by atoms with E-state index in [1.165, 1.54) is 25.3 Å². The number of benzene rings is 2. The van der Waals surface area contributed by atoms with E-state index < -0.39 is 10.8 Å². The number of nitrogens with zero attached hydrogens (tertiary/aromatic N) is 3. The molecule has 1 aromatic heterocycles. The first-order valence-electron chi connectivity index (χ1n) is 8.10. The minimum Gasteiger partial charge on any atom is -0.496 e. The number of carbonyl (C=O) groups excluding carboxylic acids is 1. The standard InChI is InChI=1S/C18H18N4O4/c1-3-21-15-7-5-4-6-14(15)20-17(21)11-19-18(23)13-10-12(22(24)25)8-9-16(13)26-2/h4-10H,3,11H2,1-2H3,(H,19,23). The van der Waals surface area contributed by atoms with Gasteiger partial charge in [-0.05, 0) is 25.1 Å². The second-order valence-corrected chi connectivity index (χ2v) is 5.59. The van der Waals surface area contributed by atoms with Crippen molar-refractivity contribution in [2.24, 2.45) is 0 Å². The van der Waals surface area contributed by atoms with Crippen molar-refractivity contribution >= 4 is 22.6 Å². The number of imidazole rings is 1. The van der Waals surface area contributed by atoms with Crippen LogP contribution in [0.2, 0.25) is 0 Å². The van der Waals surface area contributed by atoms with Crippen LogP contribution in [0.3, 0.4) is 0 Å². The Morgan fingerprint density at radius 3 is 2.77 bits per heavy atom. The molecule has 3 rings (SSSR count). The molecule has 0 aliphatic heterocycles. The van der Waals surface area contributed by atoms with Crippen LogP contribution in [0.4, 0.5) is 5.69 Å². The molecule has 0 saturated carbocycles. The van der Waals surface area contributed by atoms with Crippen LogP contribution < -0.4 is 10.1 Å². The van der Waals surface area contributed by atoms with Gasteiger partial charge in [0, 0.05) is 18.7 Å². The summed E-state index contributed by atoms with van der Waals surface area (Å²) in [4.78, 5) is 27.5. The minimum atomic E-state index is -0.549. The Morgan fingerprint density at radius 1 is 1.31 bits per heavy atom. The Hall–Kier alpha value is -3.42. The van der Waals surface area contributed by atoms with E-state index in [0.717, 1.165) is 11.0 Å². The summed E-state index contributed by atoms with van der Waals surface area (Å²) in [6.45, 7) is 2.92. The molecule has 1 N–H and O–H groups in total. The first-order valence-corrected chi connectivity index (χ1v) is 8.10. The Bertz CT molecular complexity index is 980. The highest BCUT2D eigenvalue weighted by molar-refractivity contribution is 5.97. The van der Waals surface area contributed by atoms with E-state index in [-0.39, 0.29) is 23.5 Å². The van der Waals surface area contributed by atoms with Gasteiger partial charge in [-0.2, -0.15) is 0 Å². The summed E-state index contributed by atoms with van der Waals surface area (Å²) >= 11 is 0. The zero-order valence-corrected chi connectivity index (χ0v) is 14.4. The van der Waals surface area contributed by atoms with Gasteiger partial charge in [-0.25, -0.2) is 4.98 Å². The number of rotatable bonds is 6. The van der Waals surface area contributed by atoms with Crippen LogP contribution in [0.1, 0.15) is 23.1 Å². The van der Waals surface area contributed by atoms with Crippen molar-refractivity contribution in [2.75, 3.05) is 7.11 Å². The van der Waals surface area contributed by atoms with Crippen LogP contribution in [-0.4, -0.2) is 27.5 Å².